The average Bonchev–Trinajstić information content (AvgIpc) is 2.78. The third kappa shape index (κ3) is 7.87. The number of benzene rings is 3. The maximum Gasteiger partial charge on any atom is 0.224 e. The first-order valence-electron chi connectivity index (χ1n) is 10.7. The SMILES string of the molecule is CCN(CCCNC(=O)Cc1ccc(F)cc1)Cc1cccc(Oc2ccccc2)c1. The van der Waals surface area contributed by atoms with Gasteiger partial charge in [-0.05, 0) is 60.5 Å². The lowest BCUT2D eigenvalue weighted by Gasteiger charge is -2.21. The molecule has 0 fully saturated rings. The molecule has 0 radical (unpaired) electrons. The van der Waals surface area contributed by atoms with Crippen molar-refractivity contribution in [1.29, 1.82) is 0 Å². The van der Waals surface area contributed by atoms with Crippen molar-refractivity contribution in [3.8, 4) is 11.5 Å². The van der Waals surface area contributed by atoms with Gasteiger partial charge in [-0.2, -0.15) is 0 Å². The summed E-state index contributed by atoms with van der Waals surface area (Å²) in [6.07, 6.45) is 1.13. The van der Waals surface area contributed by atoms with E-state index in [0.29, 0.717) is 6.54 Å². The maximum absolute atomic E-state index is 12.9. The first-order valence-corrected chi connectivity index (χ1v) is 10.7. The summed E-state index contributed by atoms with van der Waals surface area (Å²) in [6.45, 7) is 5.39. The molecule has 0 bridgehead atoms. The van der Waals surface area contributed by atoms with Gasteiger partial charge in [0.25, 0.3) is 0 Å². The van der Waals surface area contributed by atoms with Crippen LogP contribution >= 0.6 is 0 Å². The highest BCUT2D eigenvalue weighted by atomic mass is 19.1. The Morgan fingerprint density at radius 3 is 2.42 bits per heavy atom. The average molecular weight is 421 g/mol. The van der Waals surface area contributed by atoms with Crippen LogP contribution in [0.15, 0.2) is 78.9 Å². The third-order valence-corrected chi connectivity index (χ3v) is 4.98. The maximum atomic E-state index is 12.9. The number of hydrogen-bond acceptors (Lipinski definition) is 3. The fourth-order valence-corrected chi connectivity index (χ4v) is 3.32. The smallest absolute Gasteiger partial charge is 0.224 e. The summed E-state index contributed by atoms with van der Waals surface area (Å²) in [4.78, 5) is 14.4. The number of halogens is 1. The standard InChI is InChI=1S/C26H29FN2O2/c1-2-29(17-7-16-28-26(30)19-21-12-14-23(27)15-13-21)20-22-8-6-11-25(18-22)31-24-9-4-3-5-10-24/h3-6,8-15,18H,2,7,16-17,19-20H2,1H3,(H,28,30). The van der Waals surface area contributed by atoms with E-state index in [1.54, 1.807) is 12.1 Å². The molecule has 1 amide bonds. The van der Waals surface area contributed by atoms with E-state index in [4.69, 9.17) is 4.74 Å². The van der Waals surface area contributed by atoms with Crippen LogP contribution in [0.4, 0.5) is 4.39 Å². The van der Waals surface area contributed by atoms with Gasteiger partial charge in [-0.25, -0.2) is 4.39 Å². The zero-order valence-electron chi connectivity index (χ0n) is 17.9. The molecule has 0 aliphatic carbocycles. The quantitative estimate of drug-likeness (QED) is 0.434. The summed E-state index contributed by atoms with van der Waals surface area (Å²) in [6, 6.07) is 23.9. The Hall–Kier alpha value is -3.18. The summed E-state index contributed by atoms with van der Waals surface area (Å²) in [7, 11) is 0. The molecule has 0 saturated heterocycles. The van der Waals surface area contributed by atoms with Gasteiger partial charge < -0.3 is 10.1 Å². The molecule has 1 N–H and O–H groups in total. The lowest BCUT2D eigenvalue weighted by Crippen LogP contribution is -2.30. The number of ether oxygens (including phenoxy) is 1. The largest absolute Gasteiger partial charge is 0.457 e. The van der Waals surface area contributed by atoms with Gasteiger partial charge in [0.2, 0.25) is 5.91 Å². The van der Waals surface area contributed by atoms with Crippen LogP contribution in [0.3, 0.4) is 0 Å². The van der Waals surface area contributed by atoms with Gasteiger partial charge in [0, 0.05) is 19.6 Å². The van der Waals surface area contributed by atoms with Gasteiger partial charge in [0.05, 0.1) is 6.42 Å². The van der Waals surface area contributed by atoms with Crippen LogP contribution in [0, 0.1) is 5.82 Å². The number of hydrogen-bond donors (Lipinski definition) is 1. The Balaban J connectivity index is 1.41. The fraction of sp³-hybridized carbons (Fsp3) is 0.269. The number of para-hydroxylation sites is 1. The van der Waals surface area contributed by atoms with Crippen molar-refractivity contribution in [2.45, 2.75) is 26.3 Å². The molecular formula is C26H29FN2O2. The van der Waals surface area contributed by atoms with Gasteiger partial charge in [-0.15, -0.1) is 0 Å². The molecule has 5 heteroatoms. The Kier molecular flexibility index (Phi) is 8.61. The number of nitrogens with zero attached hydrogens (tertiary/aromatic N) is 1. The second-order valence-corrected chi connectivity index (χ2v) is 7.44. The van der Waals surface area contributed by atoms with Crippen LogP contribution in [0.5, 0.6) is 11.5 Å². The predicted molar refractivity (Wildman–Crippen MR) is 122 cm³/mol. The van der Waals surface area contributed by atoms with Gasteiger partial charge in [0.1, 0.15) is 17.3 Å². The number of carbonyl (C=O) groups is 1. The first kappa shape index (κ1) is 22.5. The molecule has 0 aliphatic heterocycles. The molecule has 3 aromatic rings. The van der Waals surface area contributed by atoms with E-state index in [1.807, 2.05) is 42.5 Å². The fourth-order valence-electron chi connectivity index (χ4n) is 3.32. The Morgan fingerprint density at radius 1 is 0.935 bits per heavy atom. The van der Waals surface area contributed by atoms with E-state index in [1.165, 1.54) is 17.7 Å². The molecule has 0 aliphatic rings. The molecule has 0 heterocycles. The van der Waals surface area contributed by atoms with E-state index >= 15 is 0 Å². The van der Waals surface area contributed by atoms with Crippen LogP contribution in [-0.2, 0) is 17.8 Å². The predicted octanol–water partition coefficient (Wildman–Crippen LogP) is 5.19. The highest BCUT2D eigenvalue weighted by Crippen LogP contribution is 2.22. The minimum Gasteiger partial charge on any atom is -0.457 e. The second kappa shape index (κ2) is 11.9. The molecule has 3 rings (SSSR count). The molecule has 31 heavy (non-hydrogen) atoms. The summed E-state index contributed by atoms with van der Waals surface area (Å²) in [5.41, 5.74) is 2.00. The monoisotopic (exact) mass is 420 g/mol. The van der Waals surface area contributed by atoms with Crippen molar-refractivity contribution < 1.29 is 13.9 Å². The van der Waals surface area contributed by atoms with Crippen LogP contribution in [0.1, 0.15) is 24.5 Å². The number of carbonyl (C=O) groups excluding carboxylic acids is 1. The van der Waals surface area contributed by atoms with Crippen molar-refractivity contribution in [1.82, 2.24) is 10.2 Å². The molecule has 3 aromatic carbocycles. The van der Waals surface area contributed by atoms with Crippen LogP contribution in [0.2, 0.25) is 0 Å². The minimum absolute atomic E-state index is 0.0413. The van der Waals surface area contributed by atoms with E-state index in [-0.39, 0.29) is 18.1 Å². The topological polar surface area (TPSA) is 41.6 Å². The Morgan fingerprint density at radius 2 is 1.68 bits per heavy atom. The third-order valence-electron chi connectivity index (χ3n) is 4.98. The van der Waals surface area contributed by atoms with Crippen molar-refractivity contribution in [2.24, 2.45) is 0 Å². The molecule has 4 nitrogen and oxygen atoms in total. The molecule has 0 spiro atoms. The molecule has 0 atom stereocenters. The summed E-state index contributed by atoms with van der Waals surface area (Å²) < 4.78 is 18.9. The molecule has 0 saturated carbocycles. The molecular weight excluding hydrogens is 391 g/mol. The van der Waals surface area contributed by atoms with E-state index < -0.39 is 0 Å². The molecule has 0 aromatic heterocycles. The number of nitrogens with one attached hydrogen (secondary N) is 1. The summed E-state index contributed by atoms with van der Waals surface area (Å²) >= 11 is 0. The normalized spacial score (nSPS) is 10.8. The highest BCUT2D eigenvalue weighted by molar-refractivity contribution is 5.78. The zero-order valence-corrected chi connectivity index (χ0v) is 17.9. The number of amides is 1. The molecule has 0 unspecified atom stereocenters. The summed E-state index contributed by atoms with van der Waals surface area (Å²) in [5.74, 6) is 1.32. The van der Waals surface area contributed by atoms with Crippen LogP contribution in [-0.4, -0.2) is 30.4 Å². The Bertz CT molecular complexity index is 945. The molecule has 162 valence electrons. The van der Waals surface area contributed by atoms with Crippen molar-refractivity contribution >= 4 is 5.91 Å². The number of rotatable bonds is 11. The highest BCUT2D eigenvalue weighted by Gasteiger charge is 2.07. The van der Waals surface area contributed by atoms with E-state index in [0.717, 1.165) is 43.1 Å². The van der Waals surface area contributed by atoms with Crippen molar-refractivity contribution in [3.05, 3.63) is 95.8 Å². The minimum atomic E-state index is -0.291. The van der Waals surface area contributed by atoms with Gasteiger partial charge in [0.15, 0.2) is 0 Å². The van der Waals surface area contributed by atoms with Crippen LogP contribution < -0.4 is 10.1 Å². The Labute approximate surface area is 183 Å². The lowest BCUT2D eigenvalue weighted by molar-refractivity contribution is -0.120. The van der Waals surface area contributed by atoms with Crippen LogP contribution in [0.25, 0.3) is 0 Å². The second-order valence-electron chi connectivity index (χ2n) is 7.44. The van der Waals surface area contributed by atoms with E-state index in [2.05, 4.69) is 29.3 Å². The first-order chi connectivity index (χ1) is 15.1. The lowest BCUT2D eigenvalue weighted by atomic mass is 10.1. The van der Waals surface area contributed by atoms with Gasteiger partial charge in [-0.1, -0.05) is 49.4 Å². The van der Waals surface area contributed by atoms with Crippen molar-refractivity contribution in [3.63, 3.8) is 0 Å². The van der Waals surface area contributed by atoms with Gasteiger partial charge in [-0.3, -0.25) is 9.69 Å². The van der Waals surface area contributed by atoms with E-state index in [9.17, 15) is 9.18 Å². The summed E-state index contributed by atoms with van der Waals surface area (Å²) in [5, 5.41) is 2.95. The van der Waals surface area contributed by atoms with Crippen molar-refractivity contribution in [2.75, 3.05) is 19.6 Å². The zero-order chi connectivity index (χ0) is 21.9. The van der Waals surface area contributed by atoms with Gasteiger partial charge >= 0.3 is 0 Å².